The van der Waals surface area contributed by atoms with Crippen molar-refractivity contribution in [3.63, 3.8) is 0 Å². The van der Waals surface area contributed by atoms with Gasteiger partial charge < -0.3 is 19.9 Å². The molecule has 26 heavy (non-hydrogen) atoms. The van der Waals surface area contributed by atoms with Gasteiger partial charge >= 0.3 is 5.97 Å². The molecule has 8 nitrogen and oxygen atoms in total. The number of rotatable bonds is 9. The minimum absolute atomic E-state index is 0.201. The first-order valence-electron chi connectivity index (χ1n) is 7.78. The third-order valence-corrected chi connectivity index (χ3v) is 4.22. The summed E-state index contributed by atoms with van der Waals surface area (Å²) in [5, 5.41) is 6.44. The van der Waals surface area contributed by atoms with Gasteiger partial charge in [-0.05, 0) is 47.5 Å². The molecule has 0 atom stereocenters. The van der Waals surface area contributed by atoms with E-state index in [-0.39, 0.29) is 6.61 Å². The summed E-state index contributed by atoms with van der Waals surface area (Å²) in [5.41, 5.74) is 9.12. The van der Waals surface area contributed by atoms with Crippen LogP contribution in [-0.4, -0.2) is 37.0 Å². The molecule has 0 amide bonds. The molecule has 0 saturated carbocycles. The van der Waals surface area contributed by atoms with E-state index < -0.39 is 5.97 Å². The van der Waals surface area contributed by atoms with Crippen LogP contribution in [0.2, 0.25) is 0 Å². The highest BCUT2D eigenvalue weighted by atomic mass is 79.9. The molecule has 0 fully saturated rings. The molecule has 0 spiro atoms. The Morgan fingerprint density at radius 3 is 2.85 bits per heavy atom. The van der Waals surface area contributed by atoms with Crippen LogP contribution >= 0.6 is 27.3 Å². The Morgan fingerprint density at radius 1 is 1.38 bits per heavy atom. The Labute approximate surface area is 163 Å². The van der Waals surface area contributed by atoms with Gasteiger partial charge in [-0.2, -0.15) is 5.10 Å². The average molecular weight is 443 g/mol. The molecule has 0 aliphatic rings. The van der Waals surface area contributed by atoms with E-state index in [9.17, 15) is 4.79 Å². The lowest BCUT2D eigenvalue weighted by molar-refractivity contribution is -0.145. The number of hydrazone groups is 1. The molecule has 0 aliphatic carbocycles. The number of nitrogens with two attached hydrogens (primary N) is 1. The largest absolute Gasteiger partial charge is 0.490 e. The first-order valence-corrected chi connectivity index (χ1v) is 9.45. The topological polar surface area (TPSA) is 108 Å². The summed E-state index contributed by atoms with van der Waals surface area (Å²) in [5.74, 6) is 0.917. The molecule has 3 N–H and O–H groups in total. The zero-order valence-electron chi connectivity index (χ0n) is 14.3. The maximum Gasteiger partial charge on any atom is 0.344 e. The summed E-state index contributed by atoms with van der Waals surface area (Å²) in [6.07, 6.45) is 1.61. The van der Waals surface area contributed by atoms with Gasteiger partial charge in [0.15, 0.2) is 18.1 Å². The Bertz CT molecular complexity index is 782. The summed E-state index contributed by atoms with van der Waals surface area (Å²) in [6, 6.07) is 3.56. The number of benzene rings is 1. The van der Waals surface area contributed by atoms with Crippen molar-refractivity contribution in [1.82, 2.24) is 4.98 Å². The number of nitrogen functional groups attached to an aromatic ring is 1. The molecule has 0 saturated heterocycles. The molecular weight excluding hydrogens is 424 g/mol. The maximum absolute atomic E-state index is 11.5. The van der Waals surface area contributed by atoms with E-state index in [4.69, 9.17) is 19.9 Å². The Kier molecular flexibility index (Phi) is 7.67. The quantitative estimate of drug-likeness (QED) is 0.348. The predicted octanol–water partition coefficient (Wildman–Crippen LogP) is 3.27. The number of hydrogen-bond donors (Lipinski definition) is 2. The minimum atomic E-state index is -0.445. The molecule has 2 rings (SSSR count). The molecule has 0 radical (unpaired) electrons. The number of carbonyl (C=O) groups is 1. The number of ether oxygens (including phenoxy) is 3. The number of hydrogen-bond acceptors (Lipinski definition) is 9. The molecule has 1 aromatic carbocycles. The Balaban J connectivity index is 2.12. The van der Waals surface area contributed by atoms with E-state index in [1.165, 1.54) is 11.3 Å². The van der Waals surface area contributed by atoms with Gasteiger partial charge in [-0.15, -0.1) is 11.3 Å². The fourth-order valence-electron chi connectivity index (χ4n) is 1.90. The van der Waals surface area contributed by atoms with Gasteiger partial charge in [-0.3, -0.25) is 5.43 Å². The van der Waals surface area contributed by atoms with Crippen LogP contribution in [-0.2, 0) is 9.53 Å². The molecule has 10 heteroatoms. The summed E-state index contributed by atoms with van der Waals surface area (Å²) < 4.78 is 16.6. The van der Waals surface area contributed by atoms with Gasteiger partial charge in [0.1, 0.15) is 5.82 Å². The van der Waals surface area contributed by atoms with Crippen molar-refractivity contribution in [2.75, 3.05) is 31.0 Å². The molecule has 0 aliphatic heterocycles. The molecule has 1 aromatic heterocycles. The van der Waals surface area contributed by atoms with Gasteiger partial charge in [0.2, 0.25) is 5.13 Å². The summed E-state index contributed by atoms with van der Waals surface area (Å²) in [4.78, 5) is 15.5. The number of aromatic nitrogens is 1. The van der Waals surface area contributed by atoms with Crippen molar-refractivity contribution < 1.29 is 19.0 Å². The van der Waals surface area contributed by atoms with Crippen molar-refractivity contribution in [1.29, 1.82) is 0 Å². The van der Waals surface area contributed by atoms with E-state index in [0.717, 1.165) is 5.56 Å². The second-order valence-corrected chi connectivity index (χ2v) is 6.52. The summed E-state index contributed by atoms with van der Waals surface area (Å²) >= 11 is 4.79. The van der Waals surface area contributed by atoms with Crippen LogP contribution in [0.3, 0.4) is 0 Å². The van der Waals surface area contributed by atoms with Gasteiger partial charge in [0.25, 0.3) is 0 Å². The van der Waals surface area contributed by atoms with Crippen molar-refractivity contribution in [3.8, 4) is 11.5 Å². The van der Waals surface area contributed by atoms with Crippen LogP contribution in [0.5, 0.6) is 11.5 Å². The number of nitrogens with one attached hydrogen (secondary N) is 1. The third kappa shape index (κ3) is 5.88. The molecule has 0 unspecified atom stereocenters. The van der Waals surface area contributed by atoms with Crippen molar-refractivity contribution >= 4 is 50.4 Å². The van der Waals surface area contributed by atoms with Crippen molar-refractivity contribution in [2.45, 2.75) is 13.8 Å². The first-order chi connectivity index (χ1) is 12.5. The van der Waals surface area contributed by atoms with Crippen LogP contribution in [0.25, 0.3) is 0 Å². The smallest absolute Gasteiger partial charge is 0.344 e. The normalized spacial score (nSPS) is 10.7. The Morgan fingerprint density at radius 2 is 2.19 bits per heavy atom. The molecule has 1 heterocycles. The second-order valence-electron chi connectivity index (χ2n) is 4.80. The fraction of sp³-hybridized carbons (Fsp3) is 0.312. The molecule has 0 bridgehead atoms. The van der Waals surface area contributed by atoms with Crippen LogP contribution in [0.4, 0.5) is 10.9 Å². The highest BCUT2D eigenvalue weighted by Gasteiger charge is 2.14. The molecular formula is C16H19BrN4O4S. The fourth-order valence-corrected chi connectivity index (χ4v) is 3.02. The third-order valence-electron chi connectivity index (χ3n) is 2.87. The minimum Gasteiger partial charge on any atom is -0.490 e. The number of halogens is 1. The number of anilines is 2. The highest BCUT2D eigenvalue weighted by Crippen LogP contribution is 2.36. The number of esters is 1. The molecule has 140 valence electrons. The van der Waals surface area contributed by atoms with E-state index in [1.54, 1.807) is 30.7 Å². The lowest BCUT2D eigenvalue weighted by Crippen LogP contribution is -2.15. The van der Waals surface area contributed by atoms with Crippen molar-refractivity contribution in [3.05, 3.63) is 27.5 Å². The average Bonchev–Trinajstić information content (AvgIpc) is 3.00. The van der Waals surface area contributed by atoms with E-state index >= 15 is 0 Å². The van der Waals surface area contributed by atoms with Gasteiger partial charge in [-0.1, -0.05) is 0 Å². The highest BCUT2D eigenvalue weighted by molar-refractivity contribution is 9.10. The van der Waals surface area contributed by atoms with Gasteiger partial charge in [0, 0.05) is 5.38 Å². The summed E-state index contributed by atoms with van der Waals surface area (Å²) in [7, 11) is 0. The van der Waals surface area contributed by atoms with Crippen LogP contribution in [0.15, 0.2) is 27.1 Å². The number of carbonyl (C=O) groups excluding carboxylic acids is 1. The van der Waals surface area contributed by atoms with Gasteiger partial charge in [-0.25, -0.2) is 9.78 Å². The number of nitrogens with zero attached hydrogens (tertiary/aromatic N) is 2. The predicted molar refractivity (Wildman–Crippen MR) is 105 cm³/mol. The second kappa shape index (κ2) is 9.97. The Hall–Kier alpha value is -2.33. The van der Waals surface area contributed by atoms with Crippen LogP contribution < -0.4 is 20.6 Å². The van der Waals surface area contributed by atoms with E-state index in [2.05, 4.69) is 31.4 Å². The standard InChI is InChI=1S/C16H19BrN4O4S/c1-3-23-12-6-10(7-19-21-16-20-13(18)9-26-16)5-11(17)15(12)25-8-14(22)24-4-2/h5-7,9H,3-4,8,18H2,1-2H3,(H,20,21). The molecule has 2 aromatic rings. The number of thiazole rings is 1. The lowest BCUT2D eigenvalue weighted by atomic mass is 10.2. The maximum atomic E-state index is 11.5. The van der Waals surface area contributed by atoms with Crippen molar-refractivity contribution in [2.24, 2.45) is 5.10 Å². The zero-order valence-corrected chi connectivity index (χ0v) is 16.7. The van der Waals surface area contributed by atoms with Crippen LogP contribution in [0, 0.1) is 0 Å². The lowest BCUT2D eigenvalue weighted by Gasteiger charge is -2.14. The van der Waals surface area contributed by atoms with Gasteiger partial charge in [0.05, 0.1) is 23.9 Å². The van der Waals surface area contributed by atoms with E-state index in [1.807, 2.05) is 6.92 Å². The monoisotopic (exact) mass is 442 g/mol. The van der Waals surface area contributed by atoms with E-state index in [0.29, 0.717) is 40.1 Å². The van der Waals surface area contributed by atoms with Crippen LogP contribution in [0.1, 0.15) is 19.4 Å². The summed E-state index contributed by atoms with van der Waals surface area (Å²) in [6.45, 7) is 4.14. The SMILES string of the molecule is CCOC(=O)COc1c(Br)cc(C=NNc2nc(N)cs2)cc1OCC. The zero-order chi connectivity index (χ0) is 18.9. The first kappa shape index (κ1) is 20.0.